The number of alkyl halides is 6. The van der Waals surface area contributed by atoms with E-state index in [9.17, 15) is 35.9 Å². The zero-order valence-corrected chi connectivity index (χ0v) is 13.9. The Morgan fingerprint density at radius 3 is 2.38 bits per heavy atom. The maximum atomic E-state index is 12.8. The van der Waals surface area contributed by atoms with Crippen LogP contribution in [-0.4, -0.2) is 23.4 Å². The molecule has 3 rings (SSSR count). The molecule has 3 aromatic rings. The summed E-state index contributed by atoms with van der Waals surface area (Å²) in [5.74, 6) is -3.34. The predicted octanol–water partition coefficient (Wildman–Crippen LogP) is 4.25. The first-order valence-electron chi connectivity index (χ1n) is 7.62. The number of anilines is 1. The van der Waals surface area contributed by atoms with Crippen molar-refractivity contribution < 1.29 is 40.3 Å². The molecule has 0 spiro atoms. The Morgan fingerprint density at radius 1 is 1.03 bits per heavy atom. The van der Waals surface area contributed by atoms with Gasteiger partial charge in [0, 0.05) is 11.8 Å². The third-order valence-electron chi connectivity index (χ3n) is 3.54. The molecule has 1 N–H and O–H groups in total. The van der Waals surface area contributed by atoms with Crippen molar-refractivity contribution in [3.05, 3.63) is 53.0 Å². The second kappa shape index (κ2) is 7.11. The van der Waals surface area contributed by atoms with E-state index in [-0.39, 0.29) is 11.1 Å². The van der Waals surface area contributed by atoms with Crippen molar-refractivity contribution in [2.45, 2.75) is 12.5 Å². The molecule has 1 amide bonds. The molecule has 0 fully saturated rings. The van der Waals surface area contributed by atoms with Crippen molar-refractivity contribution in [3.63, 3.8) is 0 Å². The van der Waals surface area contributed by atoms with Crippen molar-refractivity contribution in [3.8, 4) is 16.9 Å². The Morgan fingerprint density at radius 2 is 1.72 bits per heavy atom. The molecule has 0 aliphatic rings. The van der Waals surface area contributed by atoms with E-state index in [4.69, 9.17) is 4.42 Å². The molecule has 12 heteroatoms. The summed E-state index contributed by atoms with van der Waals surface area (Å²) in [5.41, 5.74) is -4.06. The first-order chi connectivity index (χ1) is 13.5. The van der Waals surface area contributed by atoms with Crippen LogP contribution in [0.3, 0.4) is 0 Å². The number of halogens is 6. The molecule has 0 saturated heterocycles. The minimum atomic E-state index is -5.34. The maximum Gasteiger partial charge on any atom is 0.573 e. The Hall–Kier alpha value is -3.57. The summed E-state index contributed by atoms with van der Waals surface area (Å²) in [5, 5.41) is 1.50. The Bertz CT molecular complexity index is 1140. The Labute approximate surface area is 156 Å². The zero-order chi connectivity index (χ0) is 21.4. The second-order valence-corrected chi connectivity index (χ2v) is 5.49. The van der Waals surface area contributed by atoms with Crippen LogP contribution in [0, 0.1) is 0 Å². The van der Waals surface area contributed by atoms with Crippen molar-refractivity contribution in [1.82, 2.24) is 4.98 Å². The zero-order valence-electron chi connectivity index (χ0n) is 13.9. The molecule has 29 heavy (non-hydrogen) atoms. The summed E-state index contributed by atoms with van der Waals surface area (Å²) >= 11 is 0. The van der Waals surface area contributed by atoms with E-state index < -0.39 is 46.6 Å². The van der Waals surface area contributed by atoms with E-state index in [1.165, 1.54) is 23.5 Å². The molecule has 0 bridgehead atoms. The van der Waals surface area contributed by atoms with Crippen LogP contribution in [0.5, 0.6) is 5.75 Å². The molecule has 0 aliphatic carbocycles. The minimum absolute atomic E-state index is 0.284. The highest BCUT2D eigenvalue weighted by atomic mass is 19.4. The van der Waals surface area contributed by atoms with Crippen LogP contribution in [0.4, 0.5) is 32.0 Å². The molecule has 0 unspecified atom stereocenters. The molecule has 2 heterocycles. The summed E-state index contributed by atoms with van der Waals surface area (Å²) in [6.45, 7) is 0. The van der Waals surface area contributed by atoms with Gasteiger partial charge in [-0.05, 0) is 18.2 Å². The number of nitrogens with zero attached hydrogens (tertiary/aromatic N) is 1. The average molecular weight is 418 g/mol. The number of hydrogen-bond donors (Lipinski definition) is 1. The number of para-hydroxylation sites is 1. The number of pyridine rings is 1. The van der Waals surface area contributed by atoms with E-state index in [1.807, 2.05) is 0 Å². The summed E-state index contributed by atoms with van der Waals surface area (Å²) in [6.07, 6.45) is -9.36. The number of aromatic nitrogens is 1. The lowest BCUT2D eigenvalue weighted by Gasteiger charge is -2.16. The fourth-order valence-corrected chi connectivity index (χ4v) is 2.47. The first kappa shape index (κ1) is 20.2. The van der Waals surface area contributed by atoms with Gasteiger partial charge in [0.05, 0.1) is 11.3 Å². The van der Waals surface area contributed by atoms with Gasteiger partial charge in [-0.3, -0.25) is 9.78 Å². The number of carbonyl (C=O) groups excluding carboxylic acids is 1. The second-order valence-electron chi connectivity index (χ2n) is 5.49. The minimum Gasteiger partial charge on any atom is -0.420 e. The van der Waals surface area contributed by atoms with Crippen molar-refractivity contribution in [1.29, 1.82) is 0 Å². The Kier molecular flexibility index (Phi) is 4.95. The van der Waals surface area contributed by atoms with E-state index in [1.54, 1.807) is 0 Å². The lowest BCUT2D eigenvalue weighted by molar-refractivity contribution is -0.274. The van der Waals surface area contributed by atoms with Crippen LogP contribution in [0.1, 0.15) is 0 Å². The number of rotatable bonds is 3. The van der Waals surface area contributed by atoms with Gasteiger partial charge in [0.25, 0.3) is 0 Å². The molecule has 0 saturated carbocycles. The third-order valence-corrected chi connectivity index (χ3v) is 3.54. The normalized spacial score (nSPS) is 12.1. The van der Waals surface area contributed by atoms with Gasteiger partial charge in [0.2, 0.25) is 0 Å². The standard InChI is InChI=1S/C17H8F6N2O4/c18-16(19,20)15(27)25-13-11(14(26)28-10-6-3-7-24-12(10)13)8-4-1-2-5-9(8)29-17(21,22)23/h1-7H,(H,25,27). The third kappa shape index (κ3) is 4.31. The molecule has 2 aromatic heterocycles. The highest BCUT2D eigenvalue weighted by Gasteiger charge is 2.40. The van der Waals surface area contributed by atoms with Crippen LogP contribution in [-0.2, 0) is 4.79 Å². The Balaban J connectivity index is 2.32. The fraction of sp³-hybridized carbons (Fsp3) is 0.118. The van der Waals surface area contributed by atoms with Crippen molar-refractivity contribution in [2.75, 3.05) is 5.32 Å². The van der Waals surface area contributed by atoms with Gasteiger partial charge in [0.15, 0.2) is 5.58 Å². The number of amides is 1. The van der Waals surface area contributed by atoms with Gasteiger partial charge in [0.1, 0.15) is 11.3 Å². The largest absolute Gasteiger partial charge is 0.573 e. The van der Waals surface area contributed by atoms with Gasteiger partial charge < -0.3 is 14.5 Å². The van der Waals surface area contributed by atoms with Crippen LogP contribution < -0.4 is 15.7 Å². The van der Waals surface area contributed by atoms with Gasteiger partial charge in [-0.15, -0.1) is 13.2 Å². The van der Waals surface area contributed by atoms with Crippen molar-refractivity contribution >= 4 is 22.7 Å². The summed E-state index contributed by atoms with van der Waals surface area (Å²) < 4.78 is 85.2. The smallest absolute Gasteiger partial charge is 0.420 e. The number of nitrogens with one attached hydrogen (secondary N) is 1. The number of ether oxygens (including phenoxy) is 1. The molecule has 0 atom stereocenters. The maximum absolute atomic E-state index is 12.8. The van der Waals surface area contributed by atoms with Crippen LogP contribution in [0.2, 0.25) is 0 Å². The van der Waals surface area contributed by atoms with Gasteiger partial charge >= 0.3 is 24.1 Å². The van der Waals surface area contributed by atoms with Gasteiger partial charge in [-0.1, -0.05) is 18.2 Å². The SMILES string of the molecule is O=C(Nc1c(-c2ccccc2OC(F)(F)F)c(=O)oc2cccnc12)C(F)(F)F. The lowest BCUT2D eigenvalue weighted by atomic mass is 10.0. The van der Waals surface area contributed by atoms with Crippen molar-refractivity contribution in [2.24, 2.45) is 0 Å². The van der Waals surface area contributed by atoms with E-state index in [0.717, 1.165) is 24.4 Å². The number of carbonyl (C=O) groups is 1. The fourth-order valence-electron chi connectivity index (χ4n) is 2.47. The topological polar surface area (TPSA) is 81.4 Å². The first-order valence-corrected chi connectivity index (χ1v) is 7.62. The summed E-state index contributed by atoms with van der Waals surface area (Å²) in [6, 6.07) is 6.71. The number of fused-ring (bicyclic) bond motifs is 1. The molecule has 0 aliphatic heterocycles. The number of benzene rings is 1. The van der Waals surface area contributed by atoms with Crippen LogP contribution in [0.25, 0.3) is 22.2 Å². The van der Waals surface area contributed by atoms with E-state index in [0.29, 0.717) is 0 Å². The molecular weight excluding hydrogens is 410 g/mol. The molecule has 0 radical (unpaired) electrons. The molecule has 6 nitrogen and oxygen atoms in total. The van der Waals surface area contributed by atoms with Crippen LogP contribution in [0.15, 0.2) is 51.8 Å². The van der Waals surface area contributed by atoms with Crippen LogP contribution >= 0.6 is 0 Å². The number of hydrogen-bond acceptors (Lipinski definition) is 5. The van der Waals surface area contributed by atoms with E-state index >= 15 is 0 Å². The monoisotopic (exact) mass is 418 g/mol. The molecule has 152 valence electrons. The quantitative estimate of drug-likeness (QED) is 0.643. The molecular formula is C17H8F6N2O4. The highest BCUT2D eigenvalue weighted by Crippen LogP contribution is 2.38. The van der Waals surface area contributed by atoms with E-state index in [2.05, 4.69) is 9.72 Å². The average Bonchev–Trinajstić information content (AvgIpc) is 2.60. The van der Waals surface area contributed by atoms with Gasteiger partial charge in [-0.25, -0.2) is 4.79 Å². The molecule has 1 aromatic carbocycles. The summed E-state index contributed by atoms with van der Waals surface area (Å²) in [7, 11) is 0. The van der Waals surface area contributed by atoms with Gasteiger partial charge in [-0.2, -0.15) is 13.2 Å². The lowest BCUT2D eigenvalue weighted by Crippen LogP contribution is -2.31. The predicted molar refractivity (Wildman–Crippen MR) is 87.1 cm³/mol. The highest BCUT2D eigenvalue weighted by molar-refractivity contribution is 6.06. The summed E-state index contributed by atoms with van der Waals surface area (Å²) in [4.78, 5) is 27.7.